The van der Waals surface area contributed by atoms with Gasteiger partial charge in [0, 0.05) is 37.6 Å². The Morgan fingerprint density at radius 1 is 1.10 bits per heavy atom. The van der Waals surface area contributed by atoms with Crippen LogP contribution in [0.15, 0.2) is 41.8 Å². The molecule has 7 nitrogen and oxygen atoms in total. The first-order chi connectivity index (χ1) is 14.5. The van der Waals surface area contributed by atoms with Gasteiger partial charge in [-0.15, -0.1) is 11.3 Å². The van der Waals surface area contributed by atoms with Crippen molar-refractivity contribution in [3.8, 4) is 0 Å². The third-order valence-electron chi connectivity index (χ3n) is 5.23. The number of anilines is 2. The fourth-order valence-electron chi connectivity index (χ4n) is 3.58. The summed E-state index contributed by atoms with van der Waals surface area (Å²) in [5.41, 5.74) is 1.24. The molecular weight excluding hydrogens is 400 g/mol. The van der Waals surface area contributed by atoms with E-state index >= 15 is 0 Å². The molecule has 0 radical (unpaired) electrons. The molecule has 2 N–H and O–H groups in total. The Morgan fingerprint density at radius 2 is 1.83 bits per heavy atom. The molecule has 0 aliphatic carbocycles. The van der Waals surface area contributed by atoms with Crippen LogP contribution in [-0.2, 0) is 4.79 Å². The number of thiophene rings is 1. The highest BCUT2D eigenvalue weighted by Crippen LogP contribution is 2.22. The Kier molecular flexibility index (Phi) is 7.46. The zero-order valence-corrected chi connectivity index (χ0v) is 18.2. The second-order valence-electron chi connectivity index (χ2n) is 7.24. The molecule has 0 unspecified atom stereocenters. The van der Waals surface area contributed by atoms with Gasteiger partial charge in [-0.2, -0.15) is 0 Å². The molecule has 2 heterocycles. The van der Waals surface area contributed by atoms with E-state index in [0.29, 0.717) is 42.4 Å². The molecule has 1 aliphatic heterocycles. The monoisotopic (exact) mass is 428 g/mol. The predicted octanol–water partition coefficient (Wildman–Crippen LogP) is 4.11. The second-order valence-corrected chi connectivity index (χ2v) is 8.19. The van der Waals surface area contributed by atoms with Gasteiger partial charge in [-0.3, -0.25) is 9.59 Å². The van der Waals surface area contributed by atoms with Crippen molar-refractivity contribution in [1.29, 1.82) is 0 Å². The quantitative estimate of drug-likeness (QED) is 0.726. The van der Waals surface area contributed by atoms with Gasteiger partial charge < -0.3 is 20.4 Å². The van der Waals surface area contributed by atoms with Crippen molar-refractivity contribution in [3.63, 3.8) is 0 Å². The minimum absolute atomic E-state index is 0.00390. The zero-order chi connectivity index (χ0) is 21.5. The summed E-state index contributed by atoms with van der Waals surface area (Å²) in [6, 6.07) is 10.7. The van der Waals surface area contributed by atoms with Crippen LogP contribution in [0.25, 0.3) is 0 Å². The van der Waals surface area contributed by atoms with Gasteiger partial charge in [0.2, 0.25) is 5.91 Å². The first kappa shape index (κ1) is 21.8. The number of amides is 4. The Labute approximate surface area is 181 Å². The van der Waals surface area contributed by atoms with Gasteiger partial charge in [-0.1, -0.05) is 12.1 Å². The molecule has 1 fully saturated rings. The van der Waals surface area contributed by atoms with Gasteiger partial charge in [0.25, 0.3) is 5.91 Å². The smallest absolute Gasteiger partial charge is 0.320 e. The SMILES string of the molecule is CCN(CC)C(=O)N1CCC[C@@H](C(=O)Nc2cccc(NC(=O)c3cccs3)c2)C1. The number of piperidine rings is 1. The van der Waals surface area contributed by atoms with E-state index in [2.05, 4.69) is 10.6 Å². The number of nitrogens with one attached hydrogen (secondary N) is 2. The largest absolute Gasteiger partial charge is 0.326 e. The van der Waals surface area contributed by atoms with Crippen LogP contribution < -0.4 is 10.6 Å². The van der Waals surface area contributed by atoms with Crippen molar-refractivity contribution in [2.45, 2.75) is 26.7 Å². The van der Waals surface area contributed by atoms with E-state index in [0.717, 1.165) is 12.8 Å². The summed E-state index contributed by atoms with van der Waals surface area (Å²) in [6.45, 7) is 6.35. The maximum absolute atomic E-state index is 12.8. The normalized spacial score (nSPS) is 16.1. The summed E-state index contributed by atoms with van der Waals surface area (Å²) in [6.07, 6.45) is 1.56. The van der Waals surface area contributed by atoms with Gasteiger partial charge in [0.05, 0.1) is 10.8 Å². The highest BCUT2D eigenvalue weighted by molar-refractivity contribution is 7.12. The van der Waals surface area contributed by atoms with Gasteiger partial charge in [-0.05, 0) is 56.3 Å². The zero-order valence-electron chi connectivity index (χ0n) is 17.4. The van der Waals surface area contributed by atoms with Crippen molar-refractivity contribution < 1.29 is 14.4 Å². The van der Waals surface area contributed by atoms with Crippen LogP contribution in [0.2, 0.25) is 0 Å². The van der Waals surface area contributed by atoms with E-state index in [1.807, 2.05) is 25.3 Å². The lowest BCUT2D eigenvalue weighted by Crippen LogP contribution is -2.49. The molecule has 160 valence electrons. The highest BCUT2D eigenvalue weighted by Gasteiger charge is 2.30. The van der Waals surface area contributed by atoms with Crippen LogP contribution in [0.1, 0.15) is 36.4 Å². The van der Waals surface area contributed by atoms with E-state index in [1.165, 1.54) is 11.3 Å². The van der Waals surface area contributed by atoms with Crippen molar-refractivity contribution >= 4 is 40.6 Å². The molecule has 0 spiro atoms. The van der Waals surface area contributed by atoms with Crippen LogP contribution in [0.4, 0.5) is 16.2 Å². The number of hydrogen-bond acceptors (Lipinski definition) is 4. The molecule has 1 atom stereocenters. The van der Waals surface area contributed by atoms with Gasteiger partial charge in [0.15, 0.2) is 0 Å². The molecule has 1 aliphatic rings. The van der Waals surface area contributed by atoms with Crippen LogP contribution >= 0.6 is 11.3 Å². The van der Waals surface area contributed by atoms with Crippen LogP contribution in [0, 0.1) is 5.92 Å². The number of rotatable bonds is 6. The summed E-state index contributed by atoms with van der Waals surface area (Å²) >= 11 is 1.37. The number of likely N-dealkylation sites (tertiary alicyclic amines) is 1. The summed E-state index contributed by atoms with van der Waals surface area (Å²) in [5.74, 6) is -0.525. The van der Waals surface area contributed by atoms with Crippen LogP contribution in [0.3, 0.4) is 0 Å². The third-order valence-corrected chi connectivity index (χ3v) is 6.10. The number of carbonyl (C=O) groups is 3. The van der Waals surface area contributed by atoms with Gasteiger partial charge in [-0.25, -0.2) is 4.79 Å². The lowest BCUT2D eigenvalue weighted by molar-refractivity contribution is -0.121. The molecule has 3 rings (SSSR count). The minimum Gasteiger partial charge on any atom is -0.326 e. The Bertz CT molecular complexity index is 880. The van der Waals surface area contributed by atoms with E-state index in [1.54, 1.807) is 40.1 Å². The Morgan fingerprint density at radius 3 is 2.50 bits per heavy atom. The summed E-state index contributed by atoms with van der Waals surface area (Å²) in [5, 5.41) is 7.64. The maximum atomic E-state index is 12.8. The summed E-state index contributed by atoms with van der Waals surface area (Å²) in [7, 11) is 0. The predicted molar refractivity (Wildman–Crippen MR) is 120 cm³/mol. The molecule has 1 aromatic heterocycles. The van der Waals surface area contributed by atoms with Gasteiger partial charge in [0.1, 0.15) is 0 Å². The van der Waals surface area contributed by atoms with Crippen molar-refractivity contribution in [2.75, 3.05) is 36.8 Å². The van der Waals surface area contributed by atoms with Crippen LogP contribution in [0.5, 0.6) is 0 Å². The lowest BCUT2D eigenvalue weighted by atomic mass is 9.97. The number of hydrogen-bond donors (Lipinski definition) is 2. The van der Waals surface area contributed by atoms with Crippen molar-refractivity contribution in [2.24, 2.45) is 5.92 Å². The maximum Gasteiger partial charge on any atom is 0.320 e. The number of benzene rings is 1. The molecule has 8 heteroatoms. The van der Waals surface area contributed by atoms with Crippen LogP contribution in [-0.4, -0.2) is 53.8 Å². The second kappa shape index (κ2) is 10.2. The van der Waals surface area contributed by atoms with E-state index in [4.69, 9.17) is 0 Å². The molecule has 1 aromatic carbocycles. The molecular formula is C22H28N4O3S. The third kappa shape index (κ3) is 5.38. The fraction of sp³-hybridized carbons (Fsp3) is 0.409. The average molecular weight is 429 g/mol. The summed E-state index contributed by atoms with van der Waals surface area (Å²) in [4.78, 5) is 41.8. The Balaban J connectivity index is 1.60. The van der Waals surface area contributed by atoms with Crippen molar-refractivity contribution in [3.05, 3.63) is 46.7 Å². The number of carbonyl (C=O) groups excluding carboxylic acids is 3. The average Bonchev–Trinajstić information content (AvgIpc) is 3.30. The number of nitrogens with zero attached hydrogens (tertiary/aromatic N) is 2. The first-order valence-electron chi connectivity index (χ1n) is 10.3. The van der Waals surface area contributed by atoms with Crippen molar-refractivity contribution in [1.82, 2.24) is 9.80 Å². The molecule has 30 heavy (non-hydrogen) atoms. The Hall–Kier alpha value is -2.87. The number of urea groups is 1. The summed E-state index contributed by atoms with van der Waals surface area (Å²) < 4.78 is 0. The topological polar surface area (TPSA) is 81.8 Å². The lowest BCUT2D eigenvalue weighted by Gasteiger charge is -2.35. The van der Waals surface area contributed by atoms with E-state index in [-0.39, 0.29) is 23.8 Å². The molecule has 1 saturated heterocycles. The molecule has 2 aromatic rings. The van der Waals surface area contributed by atoms with E-state index < -0.39 is 0 Å². The molecule has 0 bridgehead atoms. The standard InChI is InChI=1S/C22H28N4O3S/c1-3-25(4-2)22(29)26-12-6-8-16(15-26)20(27)23-17-9-5-10-18(14-17)24-21(28)19-11-7-13-30-19/h5,7,9-11,13-14,16H,3-4,6,8,12,15H2,1-2H3,(H,23,27)(H,24,28)/t16-/m1/s1. The van der Waals surface area contributed by atoms with Gasteiger partial charge >= 0.3 is 6.03 Å². The fourth-order valence-corrected chi connectivity index (χ4v) is 4.20. The highest BCUT2D eigenvalue weighted by atomic mass is 32.1. The molecule has 4 amide bonds. The van der Waals surface area contributed by atoms with E-state index in [9.17, 15) is 14.4 Å². The molecule has 0 saturated carbocycles. The minimum atomic E-state index is -0.248. The first-order valence-corrected chi connectivity index (χ1v) is 11.2.